The van der Waals surface area contributed by atoms with Crippen LogP contribution in [0.15, 0.2) is 48.5 Å². The summed E-state index contributed by atoms with van der Waals surface area (Å²) in [5.74, 6) is 0.359. The van der Waals surface area contributed by atoms with Gasteiger partial charge in [-0.1, -0.05) is 36.8 Å². The summed E-state index contributed by atoms with van der Waals surface area (Å²) in [5, 5.41) is 2.82. The van der Waals surface area contributed by atoms with Crippen LogP contribution in [-0.2, 0) is 4.79 Å². The number of ether oxygens (including phenoxy) is 1. The Morgan fingerprint density at radius 3 is 2.41 bits per heavy atom. The van der Waals surface area contributed by atoms with Crippen LogP contribution in [0, 0.1) is 12.7 Å². The van der Waals surface area contributed by atoms with Gasteiger partial charge in [0.05, 0.1) is 0 Å². The maximum Gasteiger partial charge on any atom is 0.257 e. The largest absolute Gasteiger partial charge is 0.484 e. The van der Waals surface area contributed by atoms with Gasteiger partial charge in [0.1, 0.15) is 11.6 Å². The Morgan fingerprint density at radius 2 is 1.77 bits per heavy atom. The maximum absolute atomic E-state index is 12.9. The van der Waals surface area contributed by atoms with E-state index in [0.29, 0.717) is 12.3 Å². The second-order valence-electron chi connectivity index (χ2n) is 5.36. The molecule has 0 fully saturated rings. The van der Waals surface area contributed by atoms with Gasteiger partial charge in [-0.2, -0.15) is 0 Å². The summed E-state index contributed by atoms with van der Waals surface area (Å²) in [6, 6.07) is 13.9. The molecule has 0 saturated heterocycles. The minimum Gasteiger partial charge on any atom is -0.484 e. The van der Waals surface area contributed by atoms with Gasteiger partial charge in [-0.05, 0) is 42.7 Å². The Labute approximate surface area is 130 Å². The van der Waals surface area contributed by atoms with Crippen LogP contribution in [0.1, 0.15) is 24.0 Å². The molecule has 0 aliphatic heterocycles. The number of carbonyl (C=O) groups excluding carboxylic acids is 1. The molecule has 116 valence electrons. The Morgan fingerprint density at radius 1 is 1.14 bits per heavy atom. The van der Waals surface area contributed by atoms with Crippen LogP contribution in [-0.4, -0.2) is 19.1 Å². The number of hydrogen-bond acceptors (Lipinski definition) is 2. The molecule has 1 N–H and O–H groups in total. The van der Waals surface area contributed by atoms with E-state index in [1.54, 1.807) is 12.1 Å². The van der Waals surface area contributed by atoms with Crippen molar-refractivity contribution < 1.29 is 13.9 Å². The number of hydrogen-bond donors (Lipinski definition) is 1. The van der Waals surface area contributed by atoms with Crippen LogP contribution >= 0.6 is 0 Å². The highest BCUT2D eigenvalue weighted by Gasteiger charge is 2.08. The monoisotopic (exact) mass is 301 g/mol. The van der Waals surface area contributed by atoms with E-state index in [9.17, 15) is 9.18 Å². The fraction of sp³-hybridized carbons (Fsp3) is 0.278. The van der Waals surface area contributed by atoms with Gasteiger partial charge in [0.2, 0.25) is 0 Å². The normalized spacial score (nSPS) is 11.8. The van der Waals surface area contributed by atoms with Crippen molar-refractivity contribution in [1.29, 1.82) is 0 Å². The molecule has 22 heavy (non-hydrogen) atoms. The topological polar surface area (TPSA) is 38.3 Å². The lowest BCUT2D eigenvalue weighted by atomic mass is 10.0. The first kappa shape index (κ1) is 16.0. The molecule has 2 aromatic rings. The molecule has 4 heteroatoms. The van der Waals surface area contributed by atoms with Crippen molar-refractivity contribution in [2.45, 2.75) is 19.8 Å². The number of benzene rings is 2. The van der Waals surface area contributed by atoms with Crippen molar-refractivity contribution in [3.63, 3.8) is 0 Å². The molecule has 0 aliphatic rings. The summed E-state index contributed by atoms with van der Waals surface area (Å²) in [5.41, 5.74) is 2.13. The van der Waals surface area contributed by atoms with Gasteiger partial charge in [0.25, 0.3) is 5.91 Å². The van der Waals surface area contributed by atoms with Gasteiger partial charge >= 0.3 is 0 Å². The fourth-order valence-corrected chi connectivity index (χ4v) is 2.01. The van der Waals surface area contributed by atoms with Crippen molar-refractivity contribution >= 4 is 5.91 Å². The molecule has 1 unspecified atom stereocenters. The smallest absolute Gasteiger partial charge is 0.257 e. The van der Waals surface area contributed by atoms with E-state index in [1.165, 1.54) is 12.1 Å². The summed E-state index contributed by atoms with van der Waals surface area (Å²) in [6.45, 7) is 4.45. The Bertz CT molecular complexity index is 608. The lowest BCUT2D eigenvalue weighted by molar-refractivity contribution is -0.123. The van der Waals surface area contributed by atoms with E-state index < -0.39 is 0 Å². The SMILES string of the molecule is Cc1ccc(OCC(=O)NCC(C)c2ccc(F)cc2)cc1. The van der Waals surface area contributed by atoms with Crippen molar-refractivity contribution in [2.75, 3.05) is 13.2 Å². The van der Waals surface area contributed by atoms with Crippen LogP contribution in [0.3, 0.4) is 0 Å². The van der Waals surface area contributed by atoms with E-state index in [4.69, 9.17) is 4.74 Å². The van der Waals surface area contributed by atoms with Gasteiger partial charge in [-0.25, -0.2) is 4.39 Å². The van der Waals surface area contributed by atoms with Gasteiger partial charge in [0, 0.05) is 6.54 Å². The van der Waals surface area contributed by atoms with Crippen molar-refractivity contribution in [3.8, 4) is 5.75 Å². The van der Waals surface area contributed by atoms with E-state index in [0.717, 1.165) is 11.1 Å². The van der Waals surface area contributed by atoms with Crippen LogP contribution in [0.25, 0.3) is 0 Å². The zero-order valence-electron chi connectivity index (χ0n) is 12.8. The average Bonchev–Trinajstić information content (AvgIpc) is 2.52. The summed E-state index contributed by atoms with van der Waals surface area (Å²) >= 11 is 0. The summed E-state index contributed by atoms with van der Waals surface area (Å²) in [6.07, 6.45) is 0. The second-order valence-corrected chi connectivity index (χ2v) is 5.36. The molecule has 0 radical (unpaired) electrons. The highest BCUT2D eigenvalue weighted by molar-refractivity contribution is 5.77. The lowest BCUT2D eigenvalue weighted by Gasteiger charge is -2.13. The number of rotatable bonds is 6. The molecular formula is C18H20FNO2. The van der Waals surface area contributed by atoms with Crippen molar-refractivity contribution in [1.82, 2.24) is 5.32 Å². The molecule has 0 aromatic heterocycles. The molecule has 1 atom stereocenters. The quantitative estimate of drug-likeness (QED) is 0.887. The zero-order chi connectivity index (χ0) is 15.9. The lowest BCUT2D eigenvalue weighted by Crippen LogP contribution is -2.31. The zero-order valence-corrected chi connectivity index (χ0v) is 12.8. The summed E-state index contributed by atoms with van der Waals surface area (Å²) < 4.78 is 18.3. The van der Waals surface area contributed by atoms with Crippen molar-refractivity contribution in [3.05, 3.63) is 65.5 Å². The van der Waals surface area contributed by atoms with Crippen LogP contribution < -0.4 is 10.1 Å². The average molecular weight is 301 g/mol. The first-order valence-electron chi connectivity index (χ1n) is 7.26. The van der Waals surface area contributed by atoms with Crippen LogP contribution in [0.2, 0.25) is 0 Å². The molecular weight excluding hydrogens is 281 g/mol. The van der Waals surface area contributed by atoms with Crippen LogP contribution in [0.4, 0.5) is 4.39 Å². The second kappa shape index (κ2) is 7.59. The predicted octanol–water partition coefficient (Wildman–Crippen LogP) is 3.43. The Hall–Kier alpha value is -2.36. The van der Waals surface area contributed by atoms with Gasteiger partial charge < -0.3 is 10.1 Å². The third-order valence-corrected chi connectivity index (χ3v) is 3.44. The standard InChI is InChI=1S/C18H20FNO2/c1-13-3-9-17(10-4-13)22-12-18(21)20-11-14(2)15-5-7-16(19)8-6-15/h3-10,14H,11-12H2,1-2H3,(H,20,21). The number of nitrogens with one attached hydrogen (secondary N) is 1. The number of halogens is 1. The van der Waals surface area contributed by atoms with E-state index in [-0.39, 0.29) is 24.2 Å². The number of amides is 1. The van der Waals surface area contributed by atoms with Gasteiger partial charge in [-0.3, -0.25) is 4.79 Å². The summed E-state index contributed by atoms with van der Waals surface area (Å²) in [7, 11) is 0. The summed E-state index contributed by atoms with van der Waals surface area (Å²) in [4.78, 5) is 11.8. The van der Waals surface area contributed by atoms with E-state index in [2.05, 4.69) is 5.32 Å². The predicted molar refractivity (Wildman–Crippen MR) is 84.5 cm³/mol. The Balaban J connectivity index is 1.75. The number of aryl methyl sites for hydroxylation is 1. The molecule has 0 bridgehead atoms. The maximum atomic E-state index is 12.9. The minimum atomic E-state index is -0.258. The fourth-order valence-electron chi connectivity index (χ4n) is 2.01. The first-order chi connectivity index (χ1) is 10.5. The molecule has 0 spiro atoms. The molecule has 2 aromatic carbocycles. The molecule has 2 rings (SSSR count). The molecule has 0 saturated carbocycles. The number of carbonyl (C=O) groups is 1. The molecule has 0 heterocycles. The van der Waals surface area contributed by atoms with Crippen molar-refractivity contribution in [2.24, 2.45) is 0 Å². The van der Waals surface area contributed by atoms with E-state index >= 15 is 0 Å². The van der Waals surface area contributed by atoms with Gasteiger partial charge in [0.15, 0.2) is 6.61 Å². The molecule has 0 aliphatic carbocycles. The molecule has 3 nitrogen and oxygen atoms in total. The highest BCUT2D eigenvalue weighted by atomic mass is 19.1. The Kier molecular flexibility index (Phi) is 5.53. The van der Waals surface area contributed by atoms with E-state index in [1.807, 2.05) is 38.1 Å². The molecule has 1 amide bonds. The third-order valence-electron chi connectivity index (χ3n) is 3.44. The van der Waals surface area contributed by atoms with Crippen LogP contribution in [0.5, 0.6) is 5.75 Å². The first-order valence-corrected chi connectivity index (χ1v) is 7.26. The third kappa shape index (κ3) is 4.88. The minimum absolute atomic E-state index is 0.0147. The highest BCUT2D eigenvalue weighted by Crippen LogP contribution is 2.14. The van der Waals surface area contributed by atoms with Gasteiger partial charge in [-0.15, -0.1) is 0 Å².